The summed E-state index contributed by atoms with van der Waals surface area (Å²) >= 11 is 0. The van der Waals surface area contributed by atoms with Crippen LogP contribution in [-0.4, -0.2) is 11.8 Å². The number of carbonyl (C=O) groups excluding carboxylic acids is 2. The molecule has 2 rings (SSSR count). The quantitative estimate of drug-likeness (QED) is 0.716. The van der Waals surface area contributed by atoms with Crippen LogP contribution in [0.2, 0.25) is 0 Å². The van der Waals surface area contributed by atoms with E-state index in [1.54, 1.807) is 0 Å². The molecule has 5 heteroatoms. The van der Waals surface area contributed by atoms with E-state index in [9.17, 15) is 19.8 Å². The topological polar surface area (TPSA) is 89.5 Å². The van der Waals surface area contributed by atoms with E-state index in [0.29, 0.717) is 0 Å². The summed E-state index contributed by atoms with van der Waals surface area (Å²) in [5.74, 6) is -3.02. The molecule has 0 bridgehead atoms. The number of benzene rings is 1. The van der Waals surface area contributed by atoms with Gasteiger partial charge in [0.15, 0.2) is 5.78 Å². The molecule has 0 saturated carbocycles. The number of rotatable bonds is 3. The Balaban J connectivity index is 2.25. The summed E-state index contributed by atoms with van der Waals surface area (Å²) in [7, 11) is 0. The number of ether oxygens (including phenoxy) is 1. The highest BCUT2D eigenvalue weighted by Crippen LogP contribution is 2.24. The van der Waals surface area contributed by atoms with Crippen molar-refractivity contribution >= 4 is 11.8 Å². The van der Waals surface area contributed by atoms with E-state index in [4.69, 9.17) is 4.74 Å². The first-order valence-corrected chi connectivity index (χ1v) is 5.16. The third-order valence-electron chi connectivity index (χ3n) is 2.34. The van der Waals surface area contributed by atoms with Gasteiger partial charge in [-0.15, -0.1) is 5.75 Å². The predicted molar refractivity (Wildman–Crippen MR) is 57.2 cm³/mol. The van der Waals surface area contributed by atoms with E-state index < -0.39 is 11.9 Å². The summed E-state index contributed by atoms with van der Waals surface area (Å²) < 4.78 is 5.25. The fraction of sp³-hybridized carbons (Fsp3) is 0.0769. The first-order valence-electron chi connectivity index (χ1n) is 5.16. The molecule has 0 spiro atoms. The third kappa shape index (κ3) is 2.57. The van der Waals surface area contributed by atoms with Crippen LogP contribution in [-0.2, 0) is 9.59 Å². The normalized spacial score (nSPS) is 18.3. The Hall–Kier alpha value is -2.56. The van der Waals surface area contributed by atoms with Crippen molar-refractivity contribution < 1.29 is 24.5 Å². The van der Waals surface area contributed by atoms with Gasteiger partial charge in [-0.05, 0) is 18.2 Å². The van der Waals surface area contributed by atoms with E-state index in [1.807, 2.05) is 0 Å². The van der Waals surface area contributed by atoms with E-state index in [0.717, 1.165) is 12.2 Å². The van der Waals surface area contributed by atoms with Crippen LogP contribution >= 0.6 is 0 Å². The SMILES string of the molecule is O=C1C=CC(C(=O)[O-])C(Oc2cccc([O-])c2)=C1. The van der Waals surface area contributed by atoms with Crippen molar-refractivity contribution in [1.82, 2.24) is 0 Å². The molecule has 1 atom stereocenters. The molecule has 92 valence electrons. The van der Waals surface area contributed by atoms with Gasteiger partial charge in [0.1, 0.15) is 11.5 Å². The van der Waals surface area contributed by atoms with Crippen molar-refractivity contribution in [2.24, 2.45) is 5.92 Å². The minimum atomic E-state index is -1.37. The number of allylic oxidation sites excluding steroid dienone is 2. The van der Waals surface area contributed by atoms with Crippen molar-refractivity contribution in [3.05, 3.63) is 48.3 Å². The van der Waals surface area contributed by atoms with Crippen LogP contribution in [0.3, 0.4) is 0 Å². The average molecular weight is 244 g/mol. The molecule has 0 heterocycles. The number of hydrogen-bond donors (Lipinski definition) is 0. The third-order valence-corrected chi connectivity index (χ3v) is 2.34. The molecule has 0 N–H and O–H groups in total. The minimum Gasteiger partial charge on any atom is -0.872 e. The molecule has 0 radical (unpaired) electrons. The van der Waals surface area contributed by atoms with Crippen molar-refractivity contribution in [1.29, 1.82) is 0 Å². The first-order chi connectivity index (χ1) is 8.56. The molecule has 18 heavy (non-hydrogen) atoms. The van der Waals surface area contributed by atoms with Crippen LogP contribution in [0.15, 0.2) is 48.3 Å². The van der Waals surface area contributed by atoms with Crippen molar-refractivity contribution in [2.75, 3.05) is 0 Å². The lowest BCUT2D eigenvalue weighted by atomic mass is 10.0. The minimum absolute atomic E-state index is 0.0619. The van der Waals surface area contributed by atoms with Crippen molar-refractivity contribution in [3.63, 3.8) is 0 Å². The molecule has 1 aromatic carbocycles. The second kappa shape index (κ2) is 4.75. The van der Waals surface area contributed by atoms with Gasteiger partial charge in [-0.3, -0.25) is 4.79 Å². The summed E-state index contributed by atoms with van der Waals surface area (Å²) in [5.41, 5.74) is 0. The number of hydrogen-bond acceptors (Lipinski definition) is 5. The van der Waals surface area contributed by atoms with Crippen molar-refractivity contribution in [2.45, 2.75) is 0 Å². The standard InChI is InChI=1S/C13H10O5/c14-8-2-1-3-10(6-8)18-12-7-9(15)4-5-11(12)13(16)17/h1-7,11,14H,(H,16,17)/p-2. The molecule has 0 aromatic heterocycles. The average Bonchev–Trinajstić information content (AvgIpc) is 2.28. The smallest absolute Gasteiger partial charge is 0.181 e. The maximum absolute atomic E-state index is 11.2. The van der Waals surface area contributed by atoms with Gasteiger partial charge in [0.25, 0.3) is 0 Å². The number of carboxylic acids is 1. The Morgan fingerprint density at radius 3 is 2.78 bits per heavy atom. The van der Waals surface area contributed by atoms with Crippen LogP contribution in [0, 0.1) is 5.92 Å². The zero-order valence-corrected chi connectivity index (χ0v) is 9.16. The summed E-state index contributed by atoms with van der Waals surface area (Å²) in [6.07, 6.45) is 3.39. The molecule has 0 aliphatic heterocycles. The molecule has 1 aliphatic carbocycles. The maximum Gasteiger partial charge on any atom is 0.181 e. The molecule has 0 amide bonds. The van der Waals surface area contributed by atoms with E-state index in [1.165, 1.54) is 30.3 Å². The molecule has 1 aliphatic rings. The highest BCUT2D eigenvalue weighted by molar-refractivity contribution is 6.02. The fourth-order valence-corrected chi connectivity index (χ4v) is 1.53. The van der Waals surface area contributed by atoms with Crippen LogP contribution in [0.5, 0.6) is 11.5 Å². The summed E-state index contributed by atoms with van der Waals surface area (Å²) in [5, 5.41) is 22.0. The zero-order valence-electron chi connectivity index (χ0n) is 9.16. The highest BCUT2D eigenvalue weighted by atomic mass is 16.5. The summed E-state index contributed by atoms with van der Waals surface area (Å²) in [6, 6.07) is 5.52. The Bertz CT molecular complexity index is 556. The molecule has 1 aromatic rings. The zero-order chi connectivity index (χ0) is 13.1. The largest absolute Gasteiger partial charge is 0.872 e. The van der Waals surface area contributed by atoms with Gasteiger partial charge in [0.2, 0.25) is 0 Å². The van der Waals surface area contributed by atoms with Gasteiger partial charge in [0, 0.05) is 6.08 Å². The lowest BCUT2D eigenvalue weighted by Gasteiger charge is -2.21. The van der Waals surface area contributed by atoms with Crippen molar-refractivity contribution in [3.8, 4) is 11.5 Å². The van der Waals surface area contributed by atoms with E-state index in [2.05, 4.69) is 0 Å². The maximum atomic E-state index is 11.2. The van der Waals surface area contributed by atoms with E-state index >= 15 is 0 Å². The molecular weight excluding hydrogens is 236 g/mol. The van der Waals surface area contributed by atoms with Crippen LogP contribution in [0.1, 0.15) is 0 Å². The van der Waals surface area contributed by atoms with Crippen LogP contribution in [0.4, 0.5) is 0 Å². The second-order valence-electron chi connectivity index (χ2n) is 3.68. The summed E-state index contributed by atoms with van der Waals surface area (Å²) in [6.45, 7) is 0. The number of aliphatic carboxylic acids is 1. The Labute approximate surface area is 103 Å². The van der Waals surface area contributed by atoms with Gasteiger partial charge in [0.05, 0.1) is 11.9 Å². The number of carbonyl (C=O) groups is 2. The van der Waals surface area contributed by atoms with Gasteiger partial charge in [-0.25, -0.2) is 0 Å². The van der Waals surface area contributed by atoms with Gasteiger partial charge in [-0.2, -0.15) is 0 Å². The van der Waals surface area contributed by atoms with Gasteiger partial charge < -0.3 is 19.7 Å². The lowest BCUT2D eigenvalue weighted by Crippen LogP contribution is -2.34. The van der Waals surface area contributed by atoms with Gasteiger partial charge >= 0.3 is 0 Å². The number of carboxylic acid groups (broad SMARTS) is 1. The van der Waals surface area contributed by atoms with E-state index in [-0.39, 0.29) is 23.0 Å². The summed E-state index contributed by atoms with van der Waals surface area (Å²) in [4.78, 5) is 22.1. The highest BCUT2D eigenvalue weighted by Gasteiger charge is 2.20. The predicted octanol–water partition coefficient (Wildman–Crippen LogP) is -0.472. The Kier molecular flexibility index (Phi) is 3.14. The Morgan fingerprint density at radius 1 is 1.33 bits per heavy atom. The Morgan fingerprint density at radius 2 is 2.11 bits per heavy atom. The molecule has 0 saturated heterocycles. The molecular formula is C13H8O5-2. The first kappa shape index (κ1) is 11.9. The van der Waals surface area contributed by atoms with Crippen LogP contribution < -0.4 is 14.9 Å². The molecule has 1 unspecified atom stereocenters. The van der Waals surface area contributed by atoms with Crippen LogP contribution in [0.25, 0.3) is 0 Å². The lowest BCUT2D eigenvalue weighted by molar-refractivity contribution is -0.308. The molecule has 5 nitrogen and oxygen atoms in total. The second-order valence-corrected chi connectivity index (χ2v) is 3.68. The fourth-order valence-electron chi connectivity index (χ4n) is 1.53. The monoisotopic (exact) mass is 244 g/mol. The van der Waals surface area contributed by atoms with Gasteiger partial charge in [-0.1, -0.05) is 18.2 Å². The number of ketones is 1. The molecule has 0 fully saturated rings.